The summed E-state index contributed by atoms with van der Waals surface area (Å²) in [5.74, 6) is -0.535. The van der Waals surface area contributed by atoms with Crippen LogP contribution in [0.3, 0.4) is 0 Å². The van der Waals surface area contributed by atoms with Gasteiger partial charge in [0.25, 0.3) is 0 Å². The van der Waals surface area contributed by atoms with E-state index in [2.05, 4.69) is 15.4 Å². The van der Waals surface area contributed by atoms with Crippen LogP contribution >= 0.6 is 0 Å². The first-order valence-electron chi connectivity index (χ1n) is 7.33. The van der Waals surface area contributed by atoms with Crippen LogP contribution in [0.4, 0.5) is 5.69 Å². The number of carbonyl (C=O) groups excluding carboxylic acids is 2. The lowest BCUT2D eigenvalue weighted by Gasteiger charge is -2.09. The number of ether oxygens (including phenoxy) is 1. The van der Waals surface area contributed by atoms with Gasteiger partial charge in [0.05, 0.1) is 19.2 Å². The van der Waals surface area contributed by atoms with E-state index in [1.807, 2.05) is 31.2 Å². The van der Waals surface area contributed by atoms with Gasteiger partial charge < -0.3 is 15.4 Å². The summed E-state index contributed by atoms with van der Waals surface area (Å²) in [5.41, 5.74) is 3.45. The molecule has 23 heavy (non-hydrogen) atoms. The van der Waals surface area contributed by atoms with Gasteiger partial charge in [-0.15, -0.1) is 0 Å². The van der Waals surface area contributed by atoms with E-state index in [1.165, 1.54) is 18.2 Å². The van der Waals surface area contributed by atoms with Crippen LogP contribution in [0.25, 0.3) is 0 Å². The molecule has 0 heterocycles. The predicted octanol–water partition coefficient (Wildman–Crippen LogP) is 2.51. The second kappa shape index (κ2) is 8.10. The number of anilines is 1. The van der Waals surface area contributed by atoms with Gasteiger partial charge in [0.1, 0.15) is 0 Å². The highest BCUT2D eigenvalue weighted by molar-refractivity contribution is 5.93. The van der Waals surface area contributed by atoms with Crippen molar-refractivity contribution in [1.29, 1.82) is 0 Å². The van der Waals surface area contributed by atoms with E-state index >= 15 is 0 Å². The second-order valence-corrected chi connectivity index (χ2v) is 5.15. The van der Waals surface area contributed by atoms with Gasteiger partial charge in [-0.2, -0.15) is 0 Å². The molecule has 2 N–H and O–H groups in total. The Bertz CT molecular complexity index is 681. The number of methoxy groups -OCH3 is 1. The van der Waals surface area contributed by atoms with Gasteiger partial charge in [-0.25, -0.2) is 4.79 Å². The van der Waals surface area contributed by atoms with Gasteiger partial charge in [-0.1, -0.05) is 24.3 Å². The molecular weight excluding hydrogens is 292 g/mol. The monoisotopic (exact) mass is 312 g/mol. The normalized spacial score (nSPS) is 10.2. The zero-order valence-electron chi connectivity index (χ0n) is 13.3. The van der Waals surface area contributed by atoms with E-state index in [0.717, 1.165) is 0 Å². The molecule has 0 aliphatic heterocycles. The van der Waals surface area contributed by atoms with Gasteiger partial charge >= 0.3 is 5.97 Å². The number of esters is 1. The first-order chi connectivity index (χ1) is 11.1. The average molecular weight is 312 g/mol. The standard InChI is InChI=1S/C18H20N2O3/c1-13-5-3-4-6-15(13)11-19-12-17(21)20-16-9-7-14(8-10-16)18(22)23-2/h3-10,19H,11-12H2,1-2H3,(H,20,21). The number of aryl methyl sites for hydroxylation is 1. The van der Waals surface area contributed by atoms with E-state index in [9.17, 15) is 9.59 Å². The molecule has 120 valence electrons. The smallest absolute Gasteiger partial charge is 0.337 e. The van der Waals surface area contributed by atoms with Crippen LogP contribution in [-0.2, 0) is 16.1 Å². The maximum Gasteiger partial charge on any atom is 0.337 e. The predicted molar refractivity (Wildman–Crippen MR) is 89.3 cm³/mol. The average Bonchev–Trinajstić information content (AvgIpc) is 2.56. The molecule has 2 rings (SSSR count). The van der Waals surface area contributed by atoms with Crippen molar-refractivity contribution in [1.82, 2.24) is 5.32 Å². The van der Waals surface area contributed by atoms with Gasteiger partial charge in [0.15, 0.2) is 0 Å². The SMILES string of the molecule is COC(=O)c1ccc(NC(=O)CNCc2ccccc2C)cc1. The Morgan fingerprint density at radius 3 is 2.39 bits per heavy atom. The number of nitrogens with one attached hydrogen (secondary N) is 2. The van der Waals surface area contributed by atoms with Gasteiger partial charge in [0, 0.05) is 12.2 Å². The quantitative estimate of drug-likeness (QED) is 0.804. The van der Waals surface area contributed by atoms with Crippen LogP contribution < -0.4 is 10.6 Å². The largest absolute Gasteiger partial charge is 0.465 e. The molecule has 2 aromatic rings. The van der Waals surface area contributed by atoms with E-state index in [-0.39, 0.29) is 12.5 Å². The number of carbonyl (C=O) groups is 2. The number of benzene rings is 2. The summed E-state index contributed by atoms with van der Waals surface area (Å²) in [6.45, 7) is 2.90. The molecule has 0 atom stereocenters. The Kier molecular flexibility index (Phi) is 5.88. The molecule has 2 aromatic carbocycles. The maximum atomic E-state index is 11.9. The molecule has 0 aliphatic carbocycles. The van der Waals surface area contributed by atoms with E-state index in [4.69, 9.17) is 0 Å². The molecule has 0 spiro atoms. The van der Waals surface area contributed by atoms with E-state index in [1.54, 1.807) is 24.3 Å². The van der Waals surface area contributed by atoms with Crippen molar-refractivity contribution in [2.45, 2.75) is 13.5 Å². The Labute approximate surface area is 135 Å². The van der Waals surface area contributed by atoms with Gasteiger partial charge in [-0.3, -0.25) is 4.79 Å². The Balaban J connectivity index is 1.81. The van der Waals surface area contributed by atoms with Crippen LogP contribution in [0.5, 0.6) is 0 Å². The third kappa shape index (κ3) is 4.93. The summed E-state index contributed by atoms with van der Waals surface area (Å²) in [4.78, 5) is 23.2. The summed E-state index contributed by atoms with van der Waals surface area (Å²) in [7, 11) is 1.33. The number of hydrogen-bond donors (Lipinski definition) is 2. The molecule has 0 unspecified atom stereocenters. The summed E-state index contributed by atoms with van der Waals surface area (Å²) in [6.07, 6.45) is 0. The van der Waals surface area contributed by atoms with Crippen LogP contribution in [0.2, 0.25) is 0 Å². The highest BCUT2D eigenvalue weighted by atomic mass is 16.5. The molecule has 0 bridgehead atoms. The Morgan fingerprint density at radius 2 is 1.74 bits per heavy atom. The Morgan fingerprint density at radius 1 is 1.04 bits per heavy atom. The molecule has 0 radical (unpaired) electrons. The van der Waals surface area contributed by atoms with Crippen molar-refractivity contribution >= 4 is 17.6 Å². The zero-order chi connectivity index (χ0) is 16.7. The first-order valence-corrected chi connectivity index (χ1v) is 7.33. The van der Waals surface area contributed by atoms with Crippen molar-refractivity contribution in [2.24, 2.45) is 0 Å². The molecule has 0 aliphatic rings. The Hall–Kier alpha value is -2.66. The molecule has 1 amide bonds. The van der Waals surface area contributed by atoms with E-state index in [0.29, 0.717) is 17.8 Å². The fourth-order valence-corrected chi connectivity index (χ4v) is 2.13. The number of rotatable bonds is 6. The number of amides is 1. The molecule has 0 saturated carbocycles. The zero-order valence-corrected chi connectivity index (χ0v) is 13.3. The van der Waals surface area contributed by atoms with Crippen molar-refractivity contribution < 1.29 is 14.3 Å². The molecule has 0 saturated heterocycles. The molecule has 5 heteroatoms. The van der Waals surface area contributed by atoms with Crippen LogP contribution in [-0.4, -0.2) is 25.5 Å². The van der Waals surface area contributed by atoms with Gasteiger partial charge in [0.2, 0.25) is 5.91 Å². The molecule has 5 nitrogen and oxygen atoms in total. The number of hydrogen-bond acceptors (Lipinski definition) is 4. The molecule has 0 aromatic heterocycles. The van der Waals surface area contributed by atoms with Gasteiger partial charge in [-0.05, 0) is 42.3 Å². The van der Waals surface area contributed by atoms with Crippen molar-refractivity contribution in [2.75, 3.05) is 19.0 Å². The lowest BCUT2D eigenvalue weighted by Crippen LogP contribution is -2.27. The third-order valence-electron chi connectivity index (χ3n) is 3.45. The minimum absolute atomic E-state index is 0.135. The maximum absolute atomic E-state index is 11.9. The second-order valence-electron chi connectivity index (χ2n) is 5.15. The highest BCUT2D eigenvalue weighted by Gasteiger charge is 2.06. The topological polar surface area (TPSA) is 67.4 Å². The van der Waals surface area contributed by atoms with Crippen LogP contribution in [0, 0.1) is 6.92 Å². The fourth-order valence-electron chi connectivity index (χ4n) is 2.13. The third-order valence-corrected chi connectivity index (χ3v) is 3.45. The summed E-state index contributed by atoms with van der Waals surface area (Å²) in [5, 5.41) is 5.89. The molecule has 0 fully saturated rings. The molecular formula is C18H20N2O3. The summed E-state index contributed by atoms with van der Waals surface area (Å²) in [6, 6.07) is 14.6. The van der Waals surface area contributed by atoms with Crippen molar-refractivity contribution in [3.05, 3.63) is 65.2 Å². The first kappa shape index (κ1) is 16.7. The van der Waals surface area contributed by atoms with Crippen molar-refractivity contribution in [3.8, 4) is 0 Å². The summed E-state index contributed by atoms with van der Waals surface area (Å²) >= 11 is 0. The fraction of sp³-hybridized carbons (Fsp3) is 0.222. The van der Waals surface area contributed by atoms with Crippen molar-refractivity contribution in [3.63, 3.8) is 0 Å². The van der Waals surface area contributed by atoms with Crippen LogP contribution in [0.15, 0.2) is 48.5 Å². The highest BCUT2D eigenvalue weighted by Crippen LogP contribution is 2.10. The minimum atomic E-state index is -0.400. The van der Waals surface area contributed by atoms with Crippen LogP contribution in [0.1, 0.15) is 21.5 Å². The summed E-state index contributed by atoms with van der Waals surface area (Å²) < 4.78 is 4.63. The minimum Gasteiger partial charge on any atom is -0.465 e. The lowest BCUT2D eigenvalue weighted by atomic mass is 10.1. The van der Waals surface area contributed by atoms with E-state index < -0.39 is 5.97 Å². The lowest BCUT2D eigenvalue weighted by molar-refractivity contribution is -0.115.